The normalized spacial score (nSPS) is 23.6. The van der Waals surface area contributed by atoms with Crippen LogP contribution in [-0.2, 0) is 9.53 Å². The summed E-state index contributed by atoms with van der Waals surface area (Å²) in [7, 11) is 0. The first kappa shape index (κ1) is 20.9. The summed E-state index contributed by atoms with van der Waals surface area (Å²) in [5.41, 5.74) is 2.80. The van der Waals surface area contributed by atoms with Crippen molar-refractivity contribution < 1.29 is 31.9 Å². The van der Waals surface area contributed by atoms with Crippen LogP contribution in [0.1, 0.15) is 41.7 Å². The maximum atomic E-state index is 13.8. The zero-order chi connectivity index (χ0) is 22.3. The second kappa shape index (κ2) is 7.73. The maximum Gasteiger partial charge on any atom is 0.406 e. The Labute approximate surface area is 175 Å². The van der Waals surface area contributed by atoms with E-state index < -0.39 is 36.2 Å². The van der Waals surface area contributed by atoms with Crippen LogP contribution in [0.25, 0.3) is 5.57 Å². The van der Waals surface area contributed by atoms with Gasteiger partial charge < -0.3 is 14.5 Å². The van der Waals surface area contributed by atoms with Crippen molar-refractivity contribution in [2.45, 2.75) is 38.1 Å². The highest BCUT2D eigenvalue weighted by molar-refractivity contribution is 6.19. The van der Waals surface area contributed by atoms with Gasteiger partial charge in [-0.05, 0) is 19.4 Å². The highest BCUT2D eigenvalue weighted by Gasteiger charge is 2.58. The number of esters is 1. The van der Waals surface area contributed by atoms with E-state index in [2.05, 4.69) is 15.7 Å². The largest absolute Gasteiger partial charge is 0.461 e. The number of aromatic nitrogens is 1. The Morgan fingerprint density at radius 3 is 2.65 bits per heavy atom. The van der Waals surface area contributed by atoms with Crippen molar-refractivity contribution in [3.63, 3.8) is 0 Å². The number of hydrazine groups is 1. The van der Waals surface area contributed by atoms with E-state index in [0.29, 0.717) is 5.56 Å². The van der Waals surface area contributed by atoms with Crippen molar-refractivity contribution in [3.05, 3.63) is 59.4 Å². The summed E-state index contributed by atoms with van der Waals surface area (Å²) >= 11 is 0. The SMILES string of the molecule is CCOC(=O)c1coc(C2=C(C)NC3C(c4ccccc4)C(C(F)(F)F)NN3C2=O)n1. The molecule has 164 valence electrons. The minimum atomic E-state index is -4.60. The lowest BCUT2D eigenvalue weighted by Gasteiger charge is -2.34. The Bertz CT molecular complexity index is 1030. The molecule has 3 unspecified atom stereocenters. The van der Waals surface area contributed by atoms with E-state index in [4.69, 9.17) is 9.15 Å². The van der Waals surface area contributed by atoms with Crippen molar-refractivity contribution in [1.82, 2.24) is 20.7 Å². The van der Waals surface area contributed by atoms with E-state index in [9.17, 15) is 22.8 Å². The van der Waals surface area contributed by atoms with E-state index >= 15 is 0 Å². The van der Waals surface area contributed by atoms with Gasteiger partial charge in [-0.15, -0.1) is 0 Å². The molecule has 0 saturated carbocycles. The summed E-state index contributed by atoms with van der Waals surface area (Å²) in [5, 5.41) is 3.89. The van der Waals surface area contributed by atoms with Gasteiger partial charge in [-0.2, -0.15) is 13.2 Å². The lowest BCUT2D eigenvalue weighted by atomic mass is 9.89. The molecule has 2 aliphatic rings. The second-order valence-corrected chi connectivity index (χ2v) is 7.11. The van der Waals surface area contributed by atoms with Gasteiger partial charge in [0, 0.05) is 5.70 Å². The van der Waals surface area contributed by atoms with Gasteiger partial charge in [0.15, 0.2) is 5.69 Å². The summed E-state index contributed by atoms with van der Waals surface area (Å²) < 4.78 is 51.6. The van der Waals surface area contributed by atoms with Gasteiger partial charge >= 0.3 is 12.1 Å². The lowest BCUT2D eigenvalue weighted by molar-refractivity contribution is -0.161. The van der Waals surface area contributed by atoms with Crippen molar-refractivity contribution in [2.24, 2.45) is 0 Å². The van der Waals surface area contributed by atoms with Gasteiger partial charge in [0.25, 0.3) is 5.91 Å². The number of hydrogen-bond acceptors (Lipinski definition) is 7. The highest BCUT2D eigenvalue weighted by Crippen LogP contribution is 2.42. The average molecular weight is 436 g/mol. The number of nitrogens with zero attached hydrogens (tertiary/aromatic N) is 2. The molecule has 0 aliphatic carbocycles. The Hall–Kier alpha value is -3.34. The van der Waals surface area contributed by atoms with Crippen LogP contribution in [-0.4, -0.2) is 46.9 Å². The Balaban J connectivity index is 1.70. The number of carbonyl (C=O) groups is 2. The van der Waals surface area contributed by atoms with Crippen molar-refractivity contribution in [2.75, 3.05) is 6.61 Å². The van der Waals surface area contributed by atoms with Crippen molar-refractivity contribution in [3.8, 4) is 0 Å². The number of benzene rings is 1. The predicted octanol–water partition coefficient (Wildman–Crippen LogP) is 2.57. The van der Waals surface area contributed by atoms with E-state index in [0.717, 1.165) is 11.3 Å². The minimum absolute atomic E-state index is 0.0751. The molecule has 31 heavy (non-hydrogen) atoms. The molecule has 1 amide bonds. The Kier molecular flexibility index (Phi) is 5.21. The smallest absolute Gasteiger partial charge is 0.406 e. The molecule has 2 aromatic rings. The molecule has 1 fully saturated rings. The fourth-order valence-electron chi connectivity index (χ4n) is 3.83. The number of allylic oxidation sites excluding steroid dienone is 1. The molecule has 0 bridgehead atoms. The molecule has 1 saturated heterocycles. The van der Waals surface area contributed by atoms with Gasteiger partial charge in [0.05, 0.1) is 12.5 Å². The van der Waals surface area contributed by atoms with Crippen LogP contribution < -0.4 is 10.7 Å². The monoisotopic (exact) mass is 436 g/mol. The number of oxazole rings is 1. The van der Waals surface area contributed by atoms with Crippen LogP contribution in [0.5, 0.6) is 0 Å². The van der Waals surface area contributed by atoms with Gasteiger partial charge in [-0.25, -0.2) is 20.2 Å². The molecular weight excluding hydrogens is 417 g/mol. The number of amides is 1. The number of nitrogens with one attached hydrogen (secondary N) is 2. The zero-order valence-electron chi connectivity index (χ0n) is 16.6. The molecule has 3 atom stereocenters. The molecule has 0 radical (unpaired) electrons. The first-order valence-electron chi connectivity index (χ1n) is 9.54. The van der Waals surface area contributed by atoms with Gasteiger partial charge in [0.2, 0.25) is 5.89 Å². The molecule has 2 N–H and O–H groups in total. The Morgan fingerprint density at radius 1 is 1.29 bits per heavy atom. The number of hydrogen-bond donors (Lipinski definition) is 2. The van der Waals surface area contributed by atoms with E-state index in [1.165, 1.54) is 0 Å². The standard InChI is InChI=1S/C20H19F3N4O4/c1-3-30-19(29)12-9-31-17(25-12)13-10(2)24-16-14(11-7-5-4-6-8-11)15(20(21,22)23)26-27(16)18(13)28/h4-9,14-16,24,26H,3H2,1-2H3. The lowest BCUT2D eigenvalue weighted by Crippen LogP contribution is -2.54. The van der Waals surface area contributed by atoms with Crippen LogP contribution in [0.15, 0.2) is 46.7 Å². The molecule has 2 aliphatic heterocycles. The average Bonchev–Trinajstić information content (AvgIpc) is 3.34. The van der Waals surface area contributed by atoms with E-state index in [1.54, 1.807) is 44.2 Å². The third-order valence-electron chi connectivity index (χ3n) is 5.17. The molecule has 4 rings (SSSR count). The molecular formula is C20H19F3N4O4. The topological polar surface area (TPSA) is 96.7 Å². The van der Waals surface area contributed by atoms with Gasteiger partial charge in [0.1, 0.15) is 24.0 Å². The summed E-state index contributed by atoms with van der Waals surface area (Å²) in [6, 6.07) is 6.20. The number of alkyl halides is 3. The highest BCUT2D eigenvalue weighted by atomic mass is 19.4. The molecule has 8 nitrogen and oxygen atoms in total. The quantitative estimate of drug-likeness (QED) is 0.711. The van der Waals surface area contributed by atoms with E-state index in [-0.39, 0.29) is 29.5 Å². The number of halogens is 3. The number of rotatable bonds is 4. The van der Waals surface area contributed by atoms with Gasteiger partial charge in [-0.3, -0.25) is 4.79 Å². The van der Waals surface area contributed by atoms with E-state index in [1.807, 2.05) is 0 Å². The summed E-state index contributed by atoms with van der Waals surface area (Å²) in [4.78, 5) is 29.0. The number of fused-ring (bicyclic) bond motifs is 1. The van der Waals surface area contributed by atoms with Crippen LogP contribution in [0.2, 0.25) is 0 Å². The van der Waals surface area contributed by atoms with Crippen LogP contribution in [0.4, 0.5) is 13.2 Å². The zero-order valence-corrected chi connectivity index (χ0v) is 16.6. The first-order chi connectivity index (χ1) is 14.7. The maximum absolute atomic E-state index is 13.8. The summed E-state index contributed by atoms with van der Waals surface area (Å²) in [5.74, 6) is -2.75. The third kappa shape index (κ3) is 3.65. The molecule has 3 heterocycles. The van der Waals surface area contributed by atoms with Crippen LogP contribution in [0.3, 0.4) is 0 Å². The second-order valence-electron chi connectivity index (χ2n) is 7.11. The number of ether oxygens (including phenoxy) is 1. The van der Waals surface area contributed by atoms with Crippen LogP contribution >= 0.6 is 0 Å². The molecule has 11 heteroatoms. The molecule has 1 aromatic heterocycles. The molecule has 1 aromatic carbocycles. The van der Waals surface area contributed by atoms with Gasteiger partial charge in [-0.1, -0.05) is 30.3 Å². The Morgan fingerprint density at radius 2 is 2.00 bits per heavy atom. The predicted molar refractivity (Wildman–Crippen MR) is 101 cm³/mol. The van der Waals surface area contributed by atoms with Crippen molar-refractivity contribution in [1.29, 1.82) is 0 Å². The van der Waals surface area contributed by atoms with Crippen molar-refractivity contribution >= 4 is 17.4 Å². The fraction of sp³-hybridized carbons (Fsp3) is 0.350. The first-order valence-corrected chi connectivity index (χ1v) is 9.54. The summed E-state index contributed by atoms with van der Waals surface area (Å²) in [6.45, 7) is 3.30. The molecule has 0 spiro atoms. The van der Waals surface area contributed by atoms with Crippen LogP contribution in [0, 0.1) is 0 Å². The third-order valence-corrected chi connectivity index (χ3v) is 5.17. The number of carbonyl (C=O) groups excluding carboxylic acids is 2. The minimum Gasteiger partial charge on any atom is -0.461 e. The summed E-state index contributed by atoms with van der Waals surface area (Å²) in [6.07, 6.45) is -4.55. The fourth-order valence-corrected chi connectivity index (χ4v) is 3.83.